The number of hydrogen-bond acceptors (Lipinski definition) is 4. The fourth-order valence-electron chi connectivity index (χ4n) is 1.44. The third-order valence-corrected chi connectivity index (χ3v) is 2.42. The van der Waals surface area contributed by atoms with Crippen LogP contribution in [0.3, 0.4) is 0 Å². The number of methoxy groups -OCH3 is 2. The molecule has 0 radical (unpaired) electrons. The molecular formula is C11H11NO3S. The van der Waals surface area contributed by atoms with E-state index in [4.69, 9.17) is 26.1 Å². The smallest absolute Gasteiger partial charge is 0.266 e. The largest absolute Gasteiger partial charge is 0.497 e. The molecule has 0 saturated carbocycles. The number of rotatable bonds is 3. The van der Waals surface area contributed by atoms with Crippen molar-refractivity contribution in [2.24, 2.45) is 0 Å². The summed E-state index contributed by atoms with van der Waals surface area (Å²) >= 11 is 4.88. The molecule has 0 spiro atoms. The van der Waals surface area contributed by atoms with Gasteiger partial charge < -0.3 is 18.9 Å². The minimum Gasteiger partial charge on any atom is -0.497 e. The van der Waals surface area contributed by atoms with Crippen molar-refractivity contribution in [2.45, 2.75) is 0 Å². The minimum absolute atomic E-state index is 0.333. The lowest BCUT2D eigenvalue weighted by Crippen LogP contribution is -1.90. The molecule has 1 aromatic heterocycles. The highest BCUT2D eigenvalue weighted by molar-refractivity contribution is 7.71. The molecule has 5 heteroatoms. The highest BCUT2D eigenvalue weighted by Crippen LogP contribution is 2.32. The van der Waals surface area contributed by atoms with Crippen LogP contribution in [0.4, 0.5) is 0 Å². The summed E-state index contributed by atoms with van der Waals surface area (Å²) in [6.07, 6.45) is 1.56. The Morgan fingerprint density at radius 1 is 1.25 bits per heavy atom. The molecule has 4 nitrogen and oxygen atoms in total. The van der Waals surface area contributed by atoms with E-state index in [2.05, 4.69) is 4.98 Å². The van der Waals surface area contributed by atoms with Gasteiger partial charge in [-0.2, -0.15) is 0 Å². The standard InChI is InChI=1S/C11H11NO3S/c1-13-7-3-4-10(14-2)8(5-7)9-6-15-11(16)12-9/h3-6H,1-2H3,(H,12,16). The maximum absolute atomic E-state index is 5.26. The monoisotopic (exact) mass is 237 g/mol. The molecule has 2 rings (SSSR count). The van der Waals surface area contributed by atoms with Gasteiger partial charge in [-0.1, -0.05) is 0 Å². The first-order chi connectivity index (χ1) is 7.74. The second kappa shape index (κ2) is 4.40. The van der Waals surface area contributed by atoms with Crippen molar-refractivity contribution < 1.29 is 13.9 Å². The van der Waals surface area contributed by atoms with Gasteiger partial charge in [0.05, 0.1) is 19.9 Å². The Morgan fingerprint density at radius 3 is 2.62 bits per heavy atom. The van der Waals surface area contributed by atoms with Crippen LogP contribution in [-0.2, 0) is 0 Å². The third-order valence-electron chi connectivity index (χ3n) is 2.22. The van der Waals surface area contributed by atoms with Gasteiger partial charge in [-0.15, -0.1) is 0 Å². The number of aromatic amines is 1. The molecule has 0 unspecified atom stereocenters. The SMILES string of the molecule is COc1ccc(OC)c(-c2coc(=S)[nH]2)c1. The van der Waals surface area contributed by atoms with Gasteiger partial charge >= 0.3 is 0 Å². The minimum atomic E-state index is 0.333. The first-order valence-corrected chi connectivity index (χ1v) is 5.05. The number of aromatic nitrogens is 1. The van der Waals surface area contributed by atoms with E-state index in [1.165, 1.54) is 0 Å². The van der Waals surface area contributed by atoms with Crippen LogP contribution in [0.5, 0.6) is 11.5 Å². The van der Waals surface area contributed by atoms with Crippen LogP contribution in [0.1, 0.15) is 0 Å². The van der Waals surface area contributed by atoms with Crippen molar-refractivity contribution in [3.63, 3.8) is 0 Å². The Hall–Kier alpha value is -1.75. The van der Waals surface area contributed by atoms with Crippen LogP contribution >= 0.6 is 12.2 Å². The fourth-order valence-corrected chi connectivity index (χ4v) is 1.59. The molecule has 1 N–H and O–H groups in total. The third kappa shape index (κ3) is 1.94. The van der Waals surface area contributed by atoms with Crippen LogP contribution in [0, 0.1) is 4.84 Å². The molecule has 16 heavy (non-hydrogen) atoms. The summed E-state index contributed by atoms with van der Waals surface area (Å²) in [7, 11) is 3.23. The lowest BCUT2D eigenvalue weighted by molar-refractivity contribution is 0.404. The normalized spacial score (nSPS) is 10.1. The summed E-state index contributed by atoms with van der Waals surface area (Å²) in [6.45, 7) is 0. The van der Waals surface area contributed by atoms with Gasteiger partial charge in [0.15, 0.2) is 0 Å². The molecule has 0 bridgehead atoms. The van der Waals surface area contributed by atoms with Gasteiger partial charge in [-0.3, -0.25) is 0 Å². The topological polar surface area (TPSA) is 47.4 Å². The Labute approximate surface area is 97.8 Å². The Kier molecular flexibility index (Phi) is 2.96. The average Bonchev–Trinajstić information content (AvgIpc) is 2.75. The zero-order chi connectivity index (χ0) is 11.5. The number of H-pyrrole nitrogens is 1. The van der Waals surface area contributed by atoms with Crippen LogP contribution in [-0.4, -0.2) is 19.2 Å². The second-order valence-corrected chi connectivity index (χ2v) is 3.50. The van der Waals surface area contributed by atoms with Crippen LogP contribution in [0.2, 0.25) is 0 Å². The van der Waals surface area contributed by atoms with E-state index in [1.807, 2.05) is 18.2 Å². The Morgan fingerprint density at radius 2 is 2.06 bits per heavy atom. The molecule has 2 aromatic rings. The zero-order valence-electron chi connectivity index (χ0n) is 8.94. The summed E-state index contributed by atoms with van der Waals surface area (Å²) in [4.78, 5) is 3.26. The number of hydrogen-bond donors (Lipinski definition) is 1. The van der Waals surface area contributed by atoms with E-state index >= 15 is 0 Å². The summed E-state index contributed by atoms with van der Waals surface area (Å²) in [5.41, 5.74) is 1.61. The Bertz CT molecular complexity index is 544. The lowest BCUT2D eigenvalue weighted by Gasteiger charge is -2.08. The highest BCUT2D eigenvalue weighted by atomic mass is 32.1. The number of nitrogens with one attached hydrogen (secondary N) is 1. The first kappa shape index (κ1) is 10.8. The molecule has 0 aliphatic heterocycles. The van der Waals surface area contributed by atoms with Gasteiger partial charge in [0.2, 0.25) is 0 Å². The molecule has 1 heterocycles. The fraction of sp³-hybridized carbons (Fsp3) is 0.182. The predicted molar refractivity (Wildman–Crippen MR) is 62.4 cm³/mol. The molecule has 0 saturated heterocycles. The van der Waals surface area contributed by atoms with E-state index in [9.17, 15) is 0 Å². The summed E-state index contributed by atoms with van der Waals surface area (Å²) < 4.78 is 15.5. The van der Waals surface area contributed by atoms with E-state index in [0.717, 1.165) is 22.8 Å². The van der Waals surface area contributed by atoms with Crippen molar-refractivity contribution in [1.82, 2.24) is 4.98 Å². The van der Waals surface area contributed by atoms with Gasteiger partial charge in [0.1, 0.15) is 17.8 Å². The Balaban J connectivity index is 2.56. The van der Waals surface area contributed by atoms with E-state index in [0.29, 0.717) is 4.84 Å². The molecule has 0 aliphatic carbocycles. The van der Waals surface area contributed by atoms with Crippen molar-refractivity contribution >= 4 is 12.2 Å². The first-order valence-electron chi connectivity index (χ1n) is 4.65. The predicted octanol–water partition coefficient (Wildman–Crippen LogP) is 3.02. The number of ether oxygens (including phenoxy) is 2. The van der Waals surface area contributed by atoms with Gasteiger partial charge in [-0.05, 0) is 30.4 Å². The number of benzene rings is 1. The summed E-state index contributed by atoms with van der Waals surface area (Å²) in [6, 6.07) is 5.52. The van der Waals surface area contributed by atoms with Crippen molar-refractivity contribution in [3.8, 4) is 22.8 Å². The molecule has 0 aliphatic rings. The number of oxazole rings is 1. The van der Waals surface area contributed by atoms with Gasteiger partial charge in [-0.25, -0.2) is 0 Å². The maximum atomic E-state index is 5.26. The molecule has 1 aromatic carbocycles. The molecule has 0 amide bonds. The van der Waals surface area contributed by atoms with Crippen LogP contribution in [0.25, 0.3) is 11.3 Å². The van der Waals surface area contributed by atoms with Crippen molar-refractivity contribution in [3.05, 3.63) is 29.3 Å². The lowest BCUT2D eigenvalue weighted by atomic mass is 10.1. The molecular weight excluding hydrogens is 226 g/mol. The van der Waals surface area contributed by atoms with Crippen LogP contribution in [0.15, 0.2) is 28.9 Å². The quantitative estimate of drug-likeness (QED) is 0.833. The van der Waals surface area contributed by atoms with Crippen molar-refractivity contribution in [2.75, 3.05) is 14.2 Å². The van der Waals surface area contributed by atoms with E-state index in [1.54, 1.807) is 20.5 Å². The molecule has 84 valence electrons. The van der Waals surface area contributed by atoms with Crippen molar-refractivity contribution in [1.29, 1.82) is 0 Å². The zero-order valence-corrected chi connectivity index (χ0v) is 9.76. The maximum Gasteiger partial charge on any atom is 0.266 e. The molecule has 0 fully saturated rings. The molecule has 0 atom stereocenters. The highest BCUT2D eigenvalue weighted by Gasteiger charge is 2.09. The summed E-state index contributed by atoms with van der Waals surface area (Å²) in [5.74, 6) is 1.48. The van der Waals surface area contributed by atoms with Gasteiger partial charge in [0, 0.05) is 5.56 Å². The van der Waals surface area contributed by atoms with Crippen LogP contribution < -0.4 is 9.47 Å². The van der Waals surface area contributed by atoms with E-state index < -0.39 is 0 Å². The van der Waals surface area contributed by atoms with Gasteiger partial charge in [0.25, 0.3) is 4.84 Å². The van der Waals surface area contributed by atoms with E-state index in [-0.39, 0.29) is 0 Å². The average molecular weight is 237 g/mol. The summed E-state index contributed by atoms with van der Waals surface area (Å²) in [5, 5.41) is 0. The second-order valence-electron chi connectivity index (χ2n) is 3.13.